The molecule has 25 heavy (non-hydrogen) atoms. The number of amides is 1. The number of rotatable bonds is 2. The van der Waals surface area contributed by atoms with Crippen molar-refractivity contribution in [3.63, 3.8) is 0 Å². The van der Waals surface area contributed by atoms with Crippen LogP contribution in [0.3, 0.4) is 0 Å². The van der Waals surface area contributed by atoms with E-state index >= 15 is 0 Å². The van der Waals surface area contributed by atoms with E-state index in [4.69, 9.17) is 4.74 Å². The summed E-state index contributed by atoms with van der Waals surface area (Å²) >= 11 is 0. The number of carbonyl (C=O) groups is 1. The minimum absolute atomic E-state index is 0.220. The van der Waals surface area contributed by atoms with E-state index in [1.807, 2.05) is 29.2 Å². The van der Waals surface area contributed by atoms with Crippen molar-refractivity contribution in [1.29, 1.82) is 0 Å². The molecule has 0 aromatic heterocycles. The maximum Gasteiger partial charge on any atom is 0.225 e. The van der Waals surface area contributed by atoms with Crippen LogP contribution in [0.15, 0.2) is 24.3 Å². The third kappa shape index (κ3) is 3.40. The zero-order chi connectivity index (χ0) is 17.7. The maximum absolute atomic E-state index is 12.3. The Kier molecular flexibility index (Phi) is 4.03. The first-order chi connectivity index (χ1) is 11.9. The highest BCUT2D eigenvalue weighted by molar-refractivity contribution is 7.88. The molecule has 136 valence electrons. The van der Waals surface area contributed by atoms with Crippen LogP contribution >= 0.6 is 0 Å². The van der Waals surface area contributed by atoms with Crippen molar-refractivity contribution in [2.24, 2.45) is 5.92 Å². The van der Waals surface area contributed by atoms with Crippen LogP contribution in [-0.2, 0) is 21.4 Å². The molecule has 1 aliphatic carbocycles. The molecule has 3 aliphatic rings. The molecule has 0 unspecified atom stereocenters. The average molecular weight is 364 g/mol. The van der Waals surface area contributed by atoms with Crippen LogP contribution in [0.1, 0.15) is 31.2 Å². The van der Waals surface area contributed by atoms with Crippen molar-refractivity contribution in [3.05, 3.63) is 29.8 Å². The van der Waals surface area contributed by atoms with Gasteiger partial charge in [0.15, 0.2) is 0 Å². The lowest BCUT2D eigenvalue weighted by atomic mass is 9.90. The fraction of sp³-hybridized carbons (Fsp3) is 0.611. The number of likely N-dealkylation sites (tertiary alicyclic amines) is 1. The Hall–Kier alpha value is -1.60. The number of benzene rings is 1. The monoisotopic (exact) mass is 364 g/mol. The number of fused-ring (bicyclic) bond motifs is 1. The molecule has 1 saturated carbocycles. The molecule has 2 heterocycles. The fourth-order valence-electron chi connectivity index (χ4n) is 3.78. The van der Waals surface area contributed by atoms with E-state index in [0.717, 1.165) is 24.2 Å². The summed E-state index contributed by atoms with van der Waals surface area (Å²) in [5.41, 5.74) is 0.331. The molecule has 1 aromatic carbocycles. The van der Waals surface area contributed by atoms with E-state index in [-0.39, 0.29) is 11.8 Å². The third-order valence-electron chi connectivity index (χ3n) is 5.49. The molecule has 1 saturated heterocycles. The van der Waals surface area contributed by atoms with E-state index in [1.165, 1.54) is 10.6 Å². The number of sulfonamides is 1. The Bertz CT molecular complexity index is 780. The van der Waals surface area contributed by atoms with Gasteiger partial charge in [0.25, 0.3) is 0 Å². The lowest BCUT2D eigenvalue weighted by Gasteiger charge is -2.42. The van der Waals surface area contributed by atoms with Crippen LogP contribution in [0, 0.1) is 5.92 Å². The van der Waals surface area contributed by atoms with Crippen molar-refractivity contribution in [2.45, 2.75) is 37.8 Å². The first-order valence-electron chi connectivity index (χ1n) is 8.87. The molecule has 1 aromatic rings. The normalized spacial score (nSPS) is 23.6. The minimum atomic E-state index is -3.33. The second-order valence-electron chi connectivity index (χ2n) is 7.52. The molecule has 1 amide bonds. The smallest absolute Gasteiger partial charge is 0.225 e. The summed E-state index contributed by atoms with van der Waals surface area (Å²) < 4.78 is 32.4. The topological polar surface area (TPSA) is 66.9 Å². The van der Waals surface area contributed by atoms with Gasteiger partial charge in [0.05, 0.1) is 12.8 Å². The summed E-state index contributed by atoms with van der Waals surface area (Å²) in [6, 6.07) is 7.63. The van der Waals surface area contributed by atoms with E-state index < -0.39 is 15.6 Å². The van der Waals surface area contributed by atoms with Crippen molar-refractivity contribution in [3.8, 4) is 5.75 Å². The number of para-hydroxylation sites is 1. The minimum Gasteiger partial charge on any atom is -0.485 e. The average Bonchev–Trinajstić information content (AvgIpc) is 3.40. The van der Waals surface area contributed by atoms with Crippen molar-refractivity contribution in [1.82, 2.24) is 9.21 Å². The number of carbonyl (C=O) groups excluding carboxylic acids is 1. The number of piperidine rings is 1. The molecule has 0 N–H and O–H groups in total. The summed E-state index contributed by atoms with van der Waals surface area (Å²) in [6.45, 7) is 1.94. The molecule has 0 bridgehead atoms. The second-order valence-corrected chi connectivity index (χ2v) is 9.51. The third-order valence-corrected chi connectivity index (χ3v) is 6.69. The zero-order valence-electron chi connectivity index (χ0n) is 14.5. The predicted molar refractivity (Wildman–Crippen MR) is 93.6 cm³/mol. The molecule has 2 fully saturated rings. The van der Waals surface area contributed by atoms with Gasteiger partial charge in [-0.3, -0.25) is 4.79 Å². The summed E-state index contributed by atoms with van der Waals surface area (Å²) in [4.78, 5) is 14.2. The summed E-state index contributed by atoms with van der Waals surface area (Å²) in [6.07, 6.45) is 4.58. The van der Waals surface area contributed by atoms with E-state index in [0.29, 0.717) is 39.0 Å². The van der Waals surface area contributed by atoms with Gasteiger partial charge in [0, 0.05) is 44.0 Å². The number of nitrogens with zero attached hydrogens (tertiary/aromatic N) is 2. The number of ether oxygens (including phenoxy) is 1. The lowest BCUT2D eigenvalue weighted by molar-refractivity contribution is -0.136. The predicted octanol–water partition coefficient (Wildman–Crippen LogP) is 1.61. The van der Waals surface area contributed by atoms with Crippen molar-refractivity contribution >= 4 is 15.9 Å². The molecule has 0 radical (unpaired) electrons. The SMILES string of the molecule is CS(=O)(=O)N1Cc2ccccc2OC2(CCN(C(=O)C3CC3)CC2)C1. The van der Waals surface area contributed by atoms with Crippen LogP contribution in [-0.4, -0.2) is 55.0 Å². The van der Waals surface area contributed by atoms with Crippen LogP contribution in [0.25, 0.3) is 0 Å². The van der Waals surface area contributed by atoms with Gasteiger partial charge in [-0.05, 0) is 18.9 Å². The van der Waals surface area contributed by atoms with Crippen LogP contribution < -0.4 is 4.74 Å². The molecular weight excluding hydrogens is 340 g/mol. The largest absolute Gasteiger partial charge is 0.485 e. The molecular formula is C18H24N2O4S. The van der Waals surface area contributed by atoms with Gasteiger partial charge in [-0.15, -0.1) is 0 Å². The Morgan fingerprint density at radius 3 is 2.52 bits per heavy atom. The highest BCUT2D eigenvalue weighted by Gasteiger charge is 2.45. The van der Waals surface area contributed by atoms with Crippen molar-refractivity contribution in [2.75, 3.05) is 25.9 Å². The number of hydrogen-bond donors (Lipinski definition) is 0. The van der Waals surface area contributed by atoms with Crippen LogP contribution in [0.5, 0.6) is 5.75 Å². The standard InChI is InChI=1S/C18H24N2O4S/c1-25(22,23)20-12-15-4-2-3-5-16(15)24-18(13-20)8-10-19(11-9-18)17(21)14-6-7-14/h2-5,14H,6-13H2,1H3. The van der Waals surface area contributed by atoms with Gasteiger partial charge in [0.1, 0.15) is 11.4 Å². The van der Waals surface area contributed by atoms with E-state index in [9.17, 15) is 13.2 Å². The van der Waals surface area contributed by atoms with Gasteiger partial charge in [-0.25, -0.2) is 8.42 Å². The zero-order valence-corrected chi connectivity index (χ0v) is 15.3. The van der Waals surface area contributed by atoms with Gasteiger partial charge in [-0.2, -0.15) is 4.31 Å². The lowest BCUT2D eigenvalue weighted by Crippen LogP contribution is -2.55. The van der Waals surface area contributed by atoms with Crippen LogP contribution in [0.4, 0.5) is 0 Å². The van der Waals surface area contributed by atoms with E-state index in [1.54, 1.807) is 0 Å². The molecule has 1 spiro atoms. The quantitative estimate of drug-likeness (QED) is 0.800. The Morgan fingerprint density at radius 1 is 1.20 bits per heavy atom. The van der Waals surface area contributed by atoms with E-state index in [2.05, 4.69) is 0 Å². The number of hydrogen-bond acceptors (Lipinski definition) is 4. The van der Waals surface area contributed by atoms with Crippen molar-refractivity contribution < 1.29 is 17.9 Å². The highest BCUT2D eigenvalue weighted by Crippen LogP contribution is 2.38. The fourth-order valence-corrected chi connectivity index (χ4v) is 4.63. The first kappa shape index (κ1) is 16.8. The maximum atomic E-state index is 12.3. The highest BCUT2D eigenvalue weighted by atomic mass is 32.2. The van der Waals surface area contributed by atoms with Gasteiger partial charge in [0.2, 0.25) is 15.9 Å². The summed E-state index contributed by atoms with van der Waals surface area (Å²) in [7, 11) is -3.33. The Balaban J connectivity index is 1.59. The van der Waals surface area contributed by atoms with Gasteiger partial charge in [-0.1, -0.05) is 18.2 Å². The molecule has 2 aliphatic heterocycles. The molecule has 6 nitrogen and oxygen atoms in total. The summed E-state index contributed by atoms with van der Waals surface area (Å²) in [5, 5.41) is 0. The Morgan fingerprint density at radius 2 is 1.88 bits per heavy atom. The molecule has 7 heteroatoms. The molecule has 0 atom stereocenters. The summed E-state index contributed by atoms with van der Waals surface area (Å²) in [5.74, 6) is 1.23. The second kappa shape index (κ2) is 5.99. The molecule has 4 rings (SSSR count). The first-order valence-corrected chi connectivity index (χ1v) is 10.7. The van der Waals surface area contributed by atoms with Crippen LogP contribution in [0.2, 0.25) is 0 Å². The Labute approximate surface area is 148 Å². The van der Waals surface area contributed by atoms with Gasteiger partial charge < -0.3 is 9.64 Å². The van der Waals surface area contributed by atoms with Gasteiger partial charge >= 0.3 is 0 Å².